The molecule has 1 nitrogen and oxygen atoms in total. The predicted molar refractivity (Wildman–Crippen MR) is 86.6 cm³/mol. The third kappa shape index (κ3) is 4.00. The van der Waals surface area contributed by atoms with E-state index in [0.717, 1.165) is 15.2 Å². The minimum Gasteiger partial charge on any atom is -0.329 e. The molecule has 2 N–H and O–H groups in total. The Labute approximate surface area is 129 Å². The van der Waals surface area contributed by atoms with Gasteiger partial charge < -0.3 is 5.73 Å². The lowest BCUT2D eigenvalue weighted by Crippen LogP contribution is -2.08. The molecule has 2 rings (SSSR count). The zero-order valence-corrected chi connectivity index (χ0v) is 13.6. The Morgan fingerprint density at radius 1 is 1.33 bits per heavy atom. The average Bonchev–Trinajstić information content (AvgIpc) is 2.79. The first-order valence-corrected chi connectivity index (χ1v) is 8.59. The first-order chi connectivity index (χ1) is 8.69. The molecule has 0 saturated heterocycles. The number of thioether (sulfide) groups is 1. The molecule has 0 aliphatic heterocycles. The normalized spacial score (nSPS) is 12.6. The number of rotatable bonds is 5. The lowest BCUT2D eigenvalue weighted by molar-refractivity contribution is 0.959. The van der Waals surface area contributed by atoms with Crippen LogP contribution in [0, 0.1) is 0 Å². The van der Waals surface area contributed by atoms with Gasteiger partial charge in [0, 0.05) is 32.1 Å². The van der Waals surface area contributed by atoms with E-state index in [0.29, 0.717) is 11.8 Å². The smallest absolute Gasteiger partial charge is 0.0517 e. The molecule has 0 aliphatic carbocycles. The van der Waals surface area contributed by atoms with Gasteiger partial charge in [0.15, 0.2) is 0 Å². The summed E-state index contributed by atoms with van der Waals surface area (Å²) >= 11 is 13.0. The molecular weight excluding hydrogens is 350 g/mol. The van der Waals surface area contributed by atoms with Crippen LogP contribution >= 0.6 is 50.6 Å². The summed E-state index contributed by atoms with van der Waals surface area (Å²) in [6, 6.07) is 10.1. The number of benzene rings is 1. The summed E-state index contributed by atoms with van der Waals surface area (Å²) in [5.74, 6) is 0.953. The second kappa shape index (κ2) is 6.96. The van der Waals surface area contributed by atoms with Gasteiger partial charge in [-0.15, -0.1) is 23.1 Å². The van der Waals surface area contributed by atoms with Crippen molar-refractivity contribution in [1.82, 2.24) is 0 Å². The molecule has 1 heterocycles. The van der Waals surface area contributed by atoms with Crippen LogP contribution in [0.15, 0.2) is 40.2 Å². The number of nitrogens with two attached hydrogens (primary N) is 1. The van der Waals surface area contributed by atoms with Crippen molar-refractivity contribution >= 4 is 50.6 Å². The van der Waals surface area contributed by atoms with Crippen LogP contribution < -0.4 is 5.73 Å². The quantitative estimate of drug-likeness (QED) is 0.801. The monoisotopic (exact) mass is 361 g/mol. The highest BCUT2D eigenvalue weighted by Gasteiger charge is 2.12. The molecule has 18 heavy (non-hydrogen) atoms. The van der Waals surface area contributed by atoms with Gasteiger partial charge in [0.2, 0.25) is 0 Å². The molecule has 0 fully saturated rings. The molecule has 0 spiro atoms. The van der Waals surface area contributed by atoms with Crippen LogP contribution in [0.25, 0.3) is 0 Å². The molecule has 2 aromatic rings. The summed E-state index contributed by atoms with van der Waals surface area (Å²) in [5, 5.41) is 3.24. The molecule has 0 amide bonds. The highest BCUT2D eigenvalue weighted by atomic mass is 79.9. The van der Waals surface area contributed by atoms with Gasteiger partial charge >= 0.3 is 0 Å². The Kier molecular flexibility index (Phi) is 5.57. The van der Waals surface area contributed by atoms with Gasteiger partial charge in [-0.3, -0.25) is 0 Å². The molecule has 0 bridgehead atoms. The van der Waals surface area contributed by atoms with E-state index >= 15 is 0 Å². The average molecular weight is 363 g/mol. The molecule has 0 radical (unpaired) electrons. The molecule has 1 aromatic heterocycles. The topological polar surface area (TPSA) is 26.0 Å². The van der Waals surface area contributed by atoms with Gasteiger partial charge in [0.1, 0.15) is 0 Å². The van der Waals surface area contributed by atoms with Gasteiger partial charge in [-0.1, -0.05) is 23.7 Å². The van der Waals surface area contributed by atoms with Gasteiger partial charge in [-0.2, -0.15) is 0 Å². The van der Waals surface area contributed by atoms with E-state index in [-0.39, 0.29) is 0 Å². The van der Waals surface area contributed by atoms with E-state index in [4.69, 9.17) is 17.3 Å². The summed E-state index contributed by atoms with van der Waals surface area (Å²) < 4.78 is 1.13. The third-order valence-corrected chi connectivity index (χ3v) is 6.04. The fourth-order valence-electron chi connectivity index (χ4n) is 1.54. The van der Waals surface area contributed by atoms with Crippen molar-refractivity contribution in [3.05, 3.63) is 55.6 Å². The zero-order chi connectivity index (χ0) is 13.0. The molecule has 0 aliphatic rings. The standard InChI is InChI=1S/C13H13BrClNS2/c14-10-5-12(18-8-10)13(6-16)17-7-9-1-3-11(15)4-2-9/h1-5,8,13H,6-7,16H2. The van der Waals surface area contributed by atoms with Crippen molar-refractivity contribution in [3.63, 3.8) is 0 Å². The second-order valence-electron chi connectivity index (χ2n) is 3.83. The van der Waals surface area contributed by atoms with E-state index in [1.54, 1.807) is 11.3 Å². The Morgan fingerprint density at radius 2 is 2.06 bits per heavy atom. The summed E-state index contributed by atoms with van der Waals surface area (Å²) in [6.07, 6.45) is 0. The van der Waals surface area contributed by atoms with Crippen molar-refractivity contribution in [2.75, 3.05) is 6.54 Å². The molecule has 96 valence electrons. The first-order valence-electron chi connectivity index (χ1n) is 5.49. The van der Waals surface area contributed by atoms with E-state index < -0.39 is 0 Å². The predicted octanol–water partition coefficient (Wildman–Crippen LogP) is 5.10. The fourth-order valence-corrected chi connectivity index (χ4v) is 4.43. The van der Waals surface area contributed by atoms with Crippen molar-refractivity contribution < 1.29 is 0 Å². The lowest BCUT2D eigenvalue weighted by atomic mass is 10.2. The first kappa shape index (κ1) is 14.4. The summed E-state index contributed by atoms with van der Waals surface area (Å²) in [6.45, 7) is 0.658. The van der Waals surface area contributed by atoms with Crippen molar-refractivity contribution in [2.45, 2.75) is 11.0 Å². The Morgan fingerprint density at radius 3 is 2.61 bits per heavy atom. The largest absolute Gasteiger partial charge is 0.329 e. The summed E-state index contributed by atoms with van der Waals surface area (Å²) in [7, 11) is 0. The molecule has 0 saturated carbocycles. The van der Waals surface area contributed by atoms with Gasteiger partial charge in [0.25, 0.3) is 0 Å². The molecular formula is C13H13BrClNS2. The summed E-state index contributed by atoms with van der Waals surface area (Å²) in [4.78, 5) is 1.32. The number of thiophene rings is 1. The maximum Gasteiger partial charge on any atom is 0.0517 e. The maximum atomic E-state index is 5.87. The van der Waals surface area contributed by atoms with Crippen molar-refractivity contribution in [1.29, 1.82) is 0 Å². The summed E-state index contributed by atoms with van der Waals surface area (Å²) in [5.41, 5.74) is 7.13. The molecule has 5 heteroatoms. The van der Waals surface area contributed by atoms with Crippen LogP contribution in [0.4, 0.5) is 0 Å². The molecule has 1 unspecified atom stereocenters. The highest BCUT2D eigenvalue weighted by molar-refractivity contribution is 9.10. The number of halogens is 2. The Balaban J connectivity index is 1.97. The SMILES string of the molecule is NCC(SCc1ccc(Cl)cc1)c1cc(Br)cs1. The van der Waals surface area contributed by atoms with E-state index in [9.17, 15) is 0 Å². The molecule has 1 atom stereocenters. The zero-order valence-electron chi connectivity index (χ0n) is 9.61. The fraction of sp³-hybridized carbons (Fsp3) is 0.231. The maximum absolute atomic E-state index is 5.87. The van der Waals surface area contributed by atoms with Gasteiger partial charge in [-0.25, -0.2) is 0 Å². The van der Waals surface area contributed by atoms with E-state index in [2.05, 4.69) is 39.5 Å². The minimum atomic E-state index is 0.358. The minimum absolute atomic E-state index is 0.358. The highest BCUT2D eigenvalue weighted by Crippen LogP contribution is 2.35. The lowest BCUT2D eigenvalue weighted by Gasteiger charge is -2.12. The molecule has 1 aromatic carbocycles. The van der Waals surface area contributed by atoms with Crippen LogP contribution in [0.2, 0.25) is 5.02 Å². The van der Waals surface area contributed by atoms with Gasteiger partial charge in [0.05, 0.1) is 5.25 Å². The number of hydrogen-bond donors (Lipinski definition) is 1. The third-order valence-electron chi connectivity index (χ3n) is 2.48. The Bertz CT molecular complexity index is 498. The van der Waals surface area contributed by atoms with E-state index in [1.165, 1.54) is 10.4 Å². The van der Waals surface area contributed by atoms with Crippen LogP contribution in [0.5, 0.6) is 0 Å². The van der Waals surface area contributed by atoms with E-state index in [1.807, 2.05) is 23.9 Å². The Hall–Kier alpha value is -0.0000000000000000833. The van der Waals surface area contributed by atoms with Crippen LogP contribution in [-0.2, 0) is 5.75 Å². The van der Waals surface area contributed by atoms with Crippen LogP contribution in [0.3, 0.4) is 0 Å². The second-order valence-corrected chi connectivity index (χ2v) is 7.32. The van der Waals surface area contributed by atoms with Gasteiger partial charge in [-0.05, 0) is 39.7 Å². The van der Waals surface area contributed by atoms with Crippen LogP contribution in [-0.4, -0.2) is 6.54 Å². The van der Waals surface area contributed by atoms with Crippen molar-refractivity contribution in [3.8, 4) is 0 Å². The number of hydrogen-bond acceptors (Lipinski definition) is 3. The van der Waals surface area contributed by atoms with Crippen molar-refractivity contribution in [2.24, 2.45) is 5.73 Å². The van der Waals surface area contributed by atoms with Crippen LogP contribution in [0.1, 0.15) is 15.7 Å².